The number of carbonyl (C=O) groups is 1. The van der Waals surface area contributed by atoms with Crippen molar-refractivity contribution in [2.45, 2.75) is 25.4 Å². The fraction of sp³-hybridized carbons (Fsp3) is 0.267. The lowest BCUT2D eigenvalue weighted by molar-refractivity contribution is 0.0946. The van der Waals surface area contributed by atoms with Crippen molar-refractivity contribution in [3.05, 3.63) is 52.9 Å². The molecule has 0 aliphatic heterocycles. The minimum atomic E-state index is -0.144. The minimum Gasteiger partial charge on any atom is -0.366 e. The lowest BCUT2D eigenvalue weighted by Gasteiger charge is -2.07. The average molecular weight is 303 g/mol. The van der Waals surface area contributed by atoms with Gasteiger partial charge in [0.25, 0.3) is 5.91 Å². The predicted octanol–water partition coefficient (Wildman–Crippen LogP) is 2.63. The zero-order valence-electron chi connectivity index (χ0n) is 11.3. The number of carbonyl (C=O) groups excluding carboxylic acids is 1. The maximum Gasteiger partial charge on any atom is 0.270 e. The van der Waals surface area contributed by atoms with Crippen LogP contribution < -0.4 is 10.6 Å². The highest BCUT2D eigenvalue weighted by atomic mass is 35.5. The van der Waals surface area contributed by atoms with Gasteiger partial charge in [-0.25, -0.2) is 9.97 Å². The van der Waals surface area contributed by atoms with Gasteiger partial charge in [0, 0.05) is 23.7 Å². The van der Waals surface area contributed by atoms with Crippen molar-refractivity contribution in [2.75, 3.05) is 5.32 Å². The van der Waals surface area contributed by atoms with Crippen LogP contribution in [0.5, 0.6) is 0 Å². The van der Waals surface area contributed by atoms with Crippen molar-refractivity contribution in [1.29, 1.82) is 0 Å². The highest BCUT2D eigenvalue weighted by Gasteiger charge is 2.24. The molecule has 0 saturated heterocycles. The molecule has 0 radical (unpaired) electrons. The van der Waals surface area contributed by atoms with E-state index in [4.69, 9.17) is 11.6 Å². The quantitative estimate of drug-likeness (QED) is 0.891. The number of hydrogen-bond donors (Lipinski definition) is 2. The Morgan fingerprint density at radius 3 is 2.71 bits per heavy atom. The van der Waals surface area contributed by atoms with Crippen molar-refractivity contribution in [3.63, 3.8) is 0 Å². The van der Waals surface area contributed by atoms with Crippen LogP contribution in [-0.2, 0) is 6.54 Å². The Balaban J connectivity index is 1.62. The number of rotatable bonds is 5. The van der Waals surface area contributed by atoms with E-state index in [9.17, 15) is 4.79 Å². The van der Waals surface area contributed by atoms with Crippen LogP contribution in [0.4, 0.5) is 5.82 Å². The van der Waals surface area contributed by atoms with Crippen LogP contribution in [0.25, 0.3) is 0 Å². The molecular formula is C15H15ClN4O. The molecule has 0 atom stereocenters. The van der Waals surface area contributed by atoms with Gasteiger partial charge in [0.05, 0.1) is 0 Å². The number of nitrogens with one attached hydrogen (secondary N) is 2. The maximum absolute atomic E-state index is 11.9. The Labute approximate surface area is 127 Å². The van der Waals surface area contributed by atoms with Crippen LogP contribution >= 0.6 is 11.6 Å². The first-order chi connectivity index (χ1) is 10.2. The van der Waals surface area contributed by atoms with Crippen LogP contribution in [0.2, 0.25) is 5.02 Å². The van der Waals surface area contributed by atoms with Crippen molar-refractivity contribution < 1.29 is 4.79 Å². The molecule has 1 aliphatic carbocycles. The first-order valence-electron chi connectivity index (χ1n) is 6.82. The molecule has 1 fully saturated rings. The zero-order chi connectivity index (χ0) is 14.7. The minimum absolute atomic E-state index is 0.144. The van der Waals surface area contributed by atoms with Gasteiger partial charge >= 0.3 is 0 Å². The molecule has 5 nitrogen and oxygen atoms in total. The summed E-state index contributed by atoms with van der Waals surface area (Å²) >= 11 is 5.85. The van der Waals surface area contributed by atoms with Gasteiger partial charge in [0.1, 0.15) is 17.8 Å². The Hall–Kier alpha value is -2.14. The van der Waals surface area contributed by atoms with E-state index in [0.717, 1.165) is 18.4 Å². The molecule has 108 valence electrons. The van der Waals surface area contributed by atoms with E-state index < -0.39 is 0 Å². The number of hydrogen-bond acceptors (Lipinski definition) is 4. The molecule has 3 rings (SSSR count). The summed E-state index contributed by atoms with van der Waals surface area (Å²) < 4.78 is 0. The number of benzene rings is 1. The Bertz CT molecular complexity index is 640. The second-order valence-electron chi connectivity index (χ2n) is 5.02. The molecule has 1 saturated carbocycles. The van der Waals surface area contributed by atoms with Gasteiger partial charge in [0.2, 0.25) is 0 Å². The van der Waals surface area contributed by atoms with E-state index in [2.05, 4.69) is 20.6 Å². The van der Waals surface area contributed by atoms with Gasteiger partial charge in [-0.2, -0.15) is 0 Å². The van der Waals surface area contributed by atoms with E-state index in [0.29, 0.717) is 29.1 Å². The van der Waals surface area contributed by atoms with Crippen molar-refractivity contribution in [1.82, 2.24) is 15.3 Å². The van der Waals surface area contributed by atoms with Gasteiger partial charge in [-0.1, -0.05) is 23.7 Å². The molecule has 2 aromatic rings. The summed E-state index contributed by atoms with van der Waals surface area (Å²) in [4.78, 5) is 20.0. The van der Waals surface area contributed by atoms with Gasteiger partial charge < -0.3 is 10.6 Å². The Morgan fingerprint density at radius 2 is 2.00 bits per heavy atom. The highest BCUT2D eigenvalue weighted by molar-refractivity contribution is 6.30. The molecule has 0 spiro atoms. The summed E-state index contributed by atoms with van der Waals surface area (Å²) in [6.45, 7) is 0.609. The van der Waals surface area contributed by atoms with E-state index in [-0.39, 0.29) is 5.91 Å². The van der Waals surface area contributed by atoms with Crippen LogP contribution in [0, 0.1) is 0 Å². The number of aromatic nitrogens is 2. The first kappa shape index (κ1) is 13.8. The summed E-state index contributed by atoms with van der Waals surface area (Å²) in [5.41, 5.74) is 1.47. The molecule has 1 amide bonds. The lowest BCUT2D eigenvalue weighted by atomic mass is 10.2. The lowest BCUT2D eigenvalue weighted by Crippen LogP contribution is -2.26. The van der Waals surface area contributed by atoms with Crippen molar-refractivity contribution >= 4 is 23.3 Å². The molecule has 6 heteroatoms. The molecule has 21 heavy (non-hydrogen) atoms. The Morgan fingerprint density at radius 1 is 1.24 bits per heavy atom. The molecule has 2 N–H and O–H groups in total. The van der Waals surface area contributed by atoms with E-state index >= 15 is 0 Å². The third-order valence-electron chi connectivity index (χ3n) is 3.20. The molecule has 1 aromatic carbocycles. The maximum atomic E-state index is 11.9. The smallest absolute Gasteiger partial charge is 0.270 e. The zero-order valence-corrected chi connectivity index (χ0v) is 12.1. The standard InChI is InChI=1S/C15H15ClN4O/c16-11-3-1-10(2-4-11)8-17-14-7-13(18-9-19-14)15(21)20-12-5-6-12/h1-4,7,9,12H,5-6,8H2,(H,20,21)(H,17,18,19). The molecule has 0 unspecified atom stereocenters. The summed E-state index contributed by atoms with van der Waals surface area (Å²) in [7, 11) is 0. The van der Waals surface area contributed by atoms with Crippen LogP contribution in [-0.4, -0.2) is 21.9 Å². The first-order valence-corrected chi connectivity index (χ1v) is 7.20. The molecule has 1 heterocycles. The van der Waals surface area contributed by atoms with Gasteiger partial charge in [-0.15, -0.1) is 0 Å². The molecule has 1 aromatic heterocycles. The average Bonchev–Trinajstić information content (AvgIpc) is 3.31. The molecular weight excluding hydrogens is 288 g/mol. The normalized spacial score (nSPS) is 13.8. The summed E-state index contributed by atoms with van der Waals surface area (Å²) in [6, 6.07) is 9.54. The predicted molar refractivity (Wildman–Crippen MR) is 81.3 cm³/mol. The largest absolute Gasteiger partial charge is 0.366 e. The fourth-order valence-electron chi connectivity index (χ4n) is 1.86. The van der Waals surface area contributed by atoms with Crippen LogP contribution in [0.1, 0.15) is 28.9 Å². The fourth-order valence-corrected chi connectivity index (χ4v) is 1.99. The van der Waals surface area contributed by atoms with E-state index in [1.165, 1.54) is 6.33 Å². The Kier molecular flexibility index (Phi) is 4.01. The summed E-state index contributed by atoms with van der Waals surface area (Å²) in [6.07, 6.45) is 3.50. The summed E-state index contributed by atoms with van der Waals surface area (Å²) in [5, 5.41) is 6.78. The van der Waals surface area contributed by atoms with Gasteiger partial charge in [-0.05, 0) is 30.5 Å². The third kappa shape index (κ3) is 3.92. The van der Waals surface area contributed by atoms with Crippen LogP contribution in [0.15, 0.2) is 36.7 Å². The SMILES string of the molecule is O=C(NC1CC1)c1cc(NCc2ccc(Cl)cc2)ncn1. The van der Waals surface area contributed by atoms with Gasteiger partial charge in [0.15, 0.2) is 0 Å². The molecule has 0 bridgehead atoms. The number of halogens is 1. The second kappa shape index (κ2) is 6.10. The second-order valence-corrected chi connectivity index (χ2v) is 5.45. The highest BCUT2D eigenvalue weighted by Crippen LogP contribution is 2.19. The van der Waals surface area contributed by atoms with Crippen molar-refractivity contribution in [3.8, 4) is 0 Å². The van der Waals surface area contributed by atoms with E-state index in [1.54, 1.807) is 6.07 Å². The number of anilines is 1. The van der Waals surface area contributed by atoms with Crippen molar-refractivity contribution in [2.24, 2.45) is 0 Å². The topological polar surface area (TPSA) is 66.9 Å². The van der Waals surface area contributed by atoms with E-state index in [1.807, 2.05) is 24.3 Å². The van der Waals surface area contributed by atoms with Crippen LogP contribution in [0.3, 0.4) is 0 Å². The third-order valence-corrected chi connectivity index (χ3v) is 3.45. The monoisotopic (exact) mass is 302 g/mol. The number of nitrogens with zero attached hydrogens (tertiary/aromatic N) is 2. The number of amides is 1. The van der Waals surface area contributed by atoms with Gasteiger partial charge in [-0.3, -0.25) is 4.79 Å². The summed E-state index contributed by atoms with van der Waals surface area (Å²) in [5.74, 6) is 0.482. The molecule has 1 aliphatic rings.